The van der Waals surface area contributed by atoms with Crippen molar-refractivity contribution in [1.82, 2.24) is 4.90 Å². The zero-order valence-corrected chi connectivity index (χ0v) is 18.8. The first-order chi connectivity index (χ1) is 15.5. The second kappa shape index (κ2) is 10.1. The first kappa shape index (κ1) is 22.9. The molecule has 0 spiro atoms. The molecule has 3 aliphatic rings. The number of morpholine rings is 1. The summed E-state index contributed by atoms with van der Waals surface area (Å²) in [6.07, 6.45) is 3.23. The molecule has 0 aromatic heterocycles. The lowest BCUT2D eigenvalue weighted by Gasteiger charge is -2.38. The van der Waals surface area contributed by atoms with Crippen molar-refractivity contribution in [2.75, 3.05) is 13.7 Å². The number of aliphatic hydroxyl groups excluding tert-OH is 1. The maximum Gasteiger partial charge on any atom is 0.316 e. The predicted molar refractivity (Wildman–Crippen MR) is 123 cm³/mol. The Labute approximate surface area is 190 Å². The number of rotatable bonds is 6. The van der Waals surface area contributed by atoms with Crippen molar-refractivity contribution in [3.63, 3.8) is 0 Å². The number of nitrogens with zero attached hydrogens (tertiary/aromatic N) is 1. The van der Waals surface area contributed by atoms with E-state index in [4.69, 9.17) is 15.2 Å². The van der Waals surface area contributed by atoms with E-state index in [9.17, 15) is 9.90 Å². The summed E-state index contributed by atoms with van der Waals surface area (Å²) in [6.45, 7) is 1.80. The van der Waals surface area contributed by atoms with Gasteiger partial charge >= 0.3 is 5.97 Å². The molecule has 2 aromatic rings. The van der Waals surface area contributed by atoms with Gasteiger partial charge in [-0.1, -0.05) is 60.7 Å². The molecule has 32 heavy (non-hydrogen) atoms. The van der Waals surface area contributed by atoms with Crippen molar-refractivity contribution in [1.29, 1.82) is 0 Å². The summed E-state index contributed by atoms with van der Waals surface area (Å²) in [5.74, 6) is -0.915. The molecule has 6 nitrogen and oxygen atoms in total. The summed E-state index contributed by atoms with van der Waals surface area (Å²) < 4.78 is 11.4. The molecule has 172 valence electrons. The van der Waals surface area contributed by atoms with Crippen molar-refractivity contribution in [3.05, 3.63) is 71.8 Å². The Balaban J connectivity index is 0.000000207. The highest BCUT2D eigenvalue weighted by Gasteiger charge is 2.62. The smallest absolute Gasteiger partial charge is 0.316 e. The predicted octanol–water partition coefficient (Wildman–Crippen LogP) is 2.49. The average molecular weight is 439 g/mol. The Morgan fingerprint density at radius 3 is 2.19 bits per heavy atom. The second-order valence-corrected chi connectivity index (χ2v) is 9.21. The van der Waals surface area contributed by atoms with Gasteiger partial charge in [-0.05, 0) is 31.5 Å². The molecule has 0 radical (unpaired) electrons. The molecule has 7 atom stereocenters. The minimum Gasteiger partial charge on any atom is -0.462 e. The van der Waals surface area contributed by atoms with Crippen LogP contribution in [-0.4, -0.2) is 66.1 Å². The van der Waals surface area contributed by atoms with Crippen molar-refractivity contribution in [2.24, 2.45) is 5.73 Å². The van der Waals surface area contributed by atoms with E-state index in [2.05, 4.69) is 24.1 Å². The summed E-state index contributed by atoms with van der Waals surface area (Å²) in [6, 6.07) is 20.6. The molecular weight excluding hydrogens is 404 g/mol. The average Bonchev–Trinajstić information content (AvgIpc) is 3.54. The highest BCUT2D eigenvalue weighted by atomic mass is 16.6. The van der Waals surface area contributed by atoms with Crippen molar-refractivity contribution >= 4 is 5.97 Å². The van der Waals surface area contributed by atoms with Crippen LogP contribution < -0.4 is 5.73 Å². The standard InChI is InChI=1S/C17H21NO4.C9H13N/c1-18-13-7-11(8-14(18)16-15(13)22-16)21-17(20)12(9-19)10-5-3-2-4-6-10;1-8(10)7-9-5-3-2-4-6-9/h2-6,11-16,19H,7-9H2,1H3;2-6,8H,7,10H2,1H3/t11?,12-,13-,14+,15-,16+;/m1./s1. The van der Waals surface area contributed by atoms with Crippen LogP contribution in [0.15, 0.2) is 60.7 Å². The Bertz CT molecular complexity index is 858. The van der Waals surface area contributed by atoms with Crippen molar-refractivity contribution < 1.29 is 19.4 Å². The van der Waals surface area contributed by atoms with Crippen molar-refractivity contribution in [2.45, 2.75) is 68.5 Å². The number of fused-ring (bicyclic) bond motifs is 5. The van der Waals surface area contributed by atoms with E-state index in [0.717, 1.165) is 24.8 Å². The highest BCUT2D eigenvalue weighted by Crippen LogP contribution is 2.48. The second-order valence-electron chi connectivity index (χ2n) is 9.21. The van der Waals surface area contributed by atoms with E-state index in [-0.39, 0.29) is 24.7 Å². The molecule has 2 bridgehead atoms. The number of carbonyl (C=O) groups excluding carboxylic acids is 1. The number of ether oxygens (including phenoxy) is 2. The summed E-state index contributed by atoms with van der Waals surface area (Å²) in [4.78, 5) is 14.8. The minimum atomic E-state index is -0.593. The van der Waals surface area contributed by atoms with Gasteiger partial charge in [0.25, 0.3) is 0 Å². The maximum atomic E-state index is 12.4. The summed E-state index contributed by atoms with van der Waals surface area (Å²) in [7, 11) is 2.13. The summed E-state index contributed by atoms with van der Waals surface area (Å²) >= 11 is 0. The van der Waals surface area contributed by atoms with Crippen LogP contribution in [0.3, 0.4) is 0 Å². The highest BCUT2D eigenvalue weighted by molar-refractivity contribution is 5.78. The fourth-order valence-corrected chi connectivity index (χ4v) is 5.03. The van der Waals surface area contributed by atoms with E-state index in [1.165, 1.54) is 5.56 Å². The molecule has 3 heterocycles. The lowest BCUT2D eigenvalue weighted by atomic mass is 9.97. The SMILES string of the molecule is CC(N)Cc1ccccc1.CN1[C@@H]2CC(OC(=O)[C@H](CO)c3ccccc3)C[C@H]1[C@@H]1O[C@@H]12. The minimum absolute atomic E-state index is 0.0622. The van der Waals surface area contributed by atoms with E-state index in [1.807, 2.05) is 55.5 Å². The van der Waals surface area contributed by atoms with Crippen LogP contribution in [0.2, 0.25) is 0 Å². The van der Waals surface area contributed by atoms with Gasteiger partial charge in [-0.15, -0.1) is 0 Å². The molecule has 3 aliphatic heterocycles. The monoisotopic (exact) mass is 438 g/mol. The topological polar surface area (TPSA) is 88.3 Å². The van der Waals surface area contributed by atoms with E-state index in [1.54, 1.807) is 0 Å². The fourth-order valence-electron chi connectivity index (χ4n) is 5.03. The Kier molecular flexibility index (Phi) is 7.26. The van der Waals surface area contributed by atoms with Gasteiger partial charge in [0.05, 0.1) is 6.61 Å². The van der Waals surface area contributed by atoms with Crippen LogP contribution in [0, 0.1) is 0 Å². The number of hydrogen-bond donors (Lipinski definition) is 2. The third kappa shape index (κ3) is 5.21. The normalized spacial score (nSPS) is 29.8. The molecule has 0 aliphatic carbocycles. The number of likely N-dealkylation sites (N-methyl/N-ethyl adjacent to an activating group) is 1. The Morgan fingerprint density at radius 2 is 1.66 bits per heavy atom. The number of epoxide rings is 1. The van der Waals surface area contributed by atoms with Gasteiger partial charge in [0.15, 0.2) is 0 Å². The van der Waals surface area contributed by atoms with Crippen LogP contribution in [0.4, 0.5) is 0 Å². The quantitative estimate of drug-likeness (QED) is 0.532. The van der Waals surface area contributed by atoms with Gasteiger partial charge in [0.2, 0.25) is 0 Å². The van der Waals surface area contributed by atoms with E-state index in [0.29, 0.717) is 24.3 Å². The van der Waals surface area contributed by atoms with Crippen LogP contribution in [-0.2, 0) is 20.7 Å². The van der Waals surface area contributed by atoms with Gasteiger partial charge in [-0.3, -0.25) is 9.69 Å². The third-order valence-electron chi connectivity index (χ3n) is 6.73. The first-order valence-corrected chi connectivity index (χ1v) is 11.5. The van der Waals surface area contributed by atoms with Crippen LogP contribution in [0.1, 0.15) is 36.8 Å². The lowest BCUT2D eigenvalue weighted by molar-refractivity contribution is -0.156. The number of esters is 1. The zero-order chi connectivity index (χ0) is 22.7. The van der Waals surface area contributed by atoms with Gasteiger partial charge in [-0.25, -0.2) is 0 Å². The number of hydrogen-bond acceptors (Lipinski definition) is 6. The van der Waals surface area contributed by atoms with E-state index >= 15 is 0 Å². The van der Waals surface area contributed by atoms with Gasteiger partial charge < -0.3 is 20.3 Å². The molecule has 6 heteroatoms. The number of piperidine rings is 1. The third-order valence-corrected chi connectivity index (χ3v) is 6.73. The molecule has 2 aromatic carbocycles. The number of aliphatic hydroxyl groups is 1. The number of carbonyl (C=O) groups is 1. The molecule has 3 fully saturated rings. The summed E-state index contributed by atoms with van der Waals surface area (Å²) in [5, 5.41) is 9.56. The molecule has 3 N–H and O–H groups in total. The largest absolute Gasteiger partial charge is 0.462 e. The van der Waals surface area contributed by atoms with Crippen LogP contribution >= 0.6 is 0 Å². The Hall–Kier alpha value is -2.25. The van der Waals surface area contributed by atoms with E-state index < -0.39 is 5.92 Å². The molecule has 3 saturated heterocycles. The van der Waals surface area contributed by atoms with Gasteiger partial charge in [0.1, 0.15) is 24.2 Å². The van der Waals surface area contributed by atoms with Crippen LogP contribution in [0.25, 0.3) is 0 Å². The summed E-state index contributed by atoms with van der Waals surface area (Å²) in [5.41, 5.74) is 7.74. The van der Waals surface area contributed by atoms with Crippen LogP contribution in [0.5, 0.6) is 0 Å². The Morgan fingerprint density at radius 1 is 1.09 bits per heavy atom. The number of nitrogens with two attached hydrogens (primary N) is 1. The first-order valence-electron chi connectivity index (χ1n) is 11.5. The zero-order valence-electron chi connectivity index (χ0n) is 18.8. The lowest BCUT2D eigenvalue weighted by Crippen LogP contribution is -2.48. The molecule has 2 unspecified atom stereocenters. The fraction of sp³-hybridized carbons (Fsp3) is 0.500. The van der Waals surface area contributed by atoms with Gasteiger partial charge in [0, 0.05) is 31.0 Å². The van der Waals surface area contributed by atoms with Gasteiger partial charge in [-0.2, -0.15) is 0 Å². The molecular formula is C26H34N2O4. The molecule has 5 rings (SSSR count). The molecule has 0 saturated carbocycles. The number of benzene rings is 2. The maximum absolute atomic E-state index is 12.4. The van der Waals surface area contributed by atoms with Crippen molar-refractivity contribution in [3.8, 4) is 0 Å². The molecule has 0 amide bonds.